The highest BCUT2D eigenvalue weighted by molar-refractivity contribution is 7.89. The van der Waals surface area contributed by atoms with Gasteiger partial charge in [-0.3, -0.25) is 0 Å². The molecule has 0 heterocycles. The third-order valence-corrected chi connectivity index (χ3v) is 5.29. The molecule has 0 aromatic heterocycles. The van der Waals surface area contributed by atoms with Crippen molar-refractivity contribution in [2.75, 3.05) is 7.11 Å². The van der Waals surface area contributed by atoms with E-state index in [1.807, 2.05) is 18.2 Å². The molecular formula is C16H17NO3S. The molecular weight excluding hydrogens is 286 g/mol. The molecule has 0 spiro atoms. The molecule has 0 amide bonds. The van der Waals surface area contributed by atoms with Crippen LogP contribution in [0, 0.1) is 0 Å². The largest absolute Gasteiger partial charge is 0.497 e. The lowest BCUT2D eigenvalue weighted by Gasteiger charge is -2.14. The highest BCUT2D eigenvalue weighted by Gasteiger charge is 2.27. The van der Waals surface area contributed by atoms with Gasteiger partial charge in [0.05, 0.1) is 12.0 Å². The van der Waals surface area contributed by atoms with E-state index in [0.717, 1.165) is 18.4 Å². The van der Waals surface area contributed by atoms with Gasteiger partial charge in [0.15, 0.2) is 0 Å². The van der Waals surface area contributed by atoms with Crippen LogP contribution in [0.25, 0.3) is 0 Å². The Morgan fingerprint density at radius 1 is 1.10 bits per heavy atom. The molecule has 0 saturated carbocycles. The number of hydrogen-bond donors (Lipinski definition) is 1. The van der Waals surface area contributed by atoms with Crippen LogP contribution in [0.4, 0.5) is 0 Å². The Kier molecular flexibility index (Phi) is 3.69. The summed E-state index contributed by atoms with van der Waals surface area (Å²) >= 11 is 0. The fraction of sp³-hybridized carbons (Fsp3) is 0.250. The zero-order chi connectivity index (χ0) is 14.9. The minimum absolute atomic E-state index is 0.145. The van der Waals surface area contributed by atoms with E-state index in [4.69, 9.17) is 4.74 Å². The fourth-order valence-corrected chi connectivity index (χ4v) is 3.94. The van der Waals surface area contributed by atoms with Crippen LogP contribution in [0.15, 0.2) is 53.4 Å². The maximum atomic E-state index is 12.4. The summed E-state index contributed by atoms with van der Waals surface area (Å²) in [5.74, 6) is 0.639. The van der Waals surface area contributed by atoms with E-state index in [-0.39, 0.29) is 10.9 Å². The molecule has 0 bridgehead atoms. The van der Waals surface area contributed by atoms with E-state index in [1.165, 1.54) is 5.56 Å². The van der Waals surface area contributed by atoms with Gasteiger partial charge in [0.2, 0.25) is 10.0 Å². The van der Waals surface area contributed by atoms with Crippen LogP contribution in [-0.2, 0) is 16.4 Å². The summed E-state index contributed by atoms with van der Waals surface area (Å²) < 4.78 is 32.7. The SMILES string of the molecule is COc1ccc(S(=O)(=O)N[C@H]2CCc3ccccc32)cc1. The minimum atomic E-state index is -3.52. The summed E-state index contributed by atoms with van der Waals surface area (Å²) in [5, 5.41) is 0. The molecule has 21 heavy (non-hydrogen) atoms. The summed E-state index contributed by atoms with van der Waals surface area (Å²) in [6.07, 6.45) is 1.71. The quantitative estimate of drug-likeness (QED) is 0.944. The molecule has 110 valence electrons. The summed E-state index contributed by atoms with van der Waals surface area (Å²) in [4.78, 5) is 0.257. The van der Waals surface area contributed by atoms with Crippen molar-refractivity contribution in [2.45, 2.75) is 23.8 Å². The molecule has 4 nitrogen and oxygen atoms in total. The first-order chi connectivity index (χ1) is 10.1. The molecule has 0 radical (unpaired) electrons. The van der Waals surface area contributed by atoms with Crippen molar-refractivity contribution in [1.82, 2.24) is 4.72 Å². The van der Waals surface area contributed by atoms with Gasteiger partial charge in [-0.2, -0.15) is 0 Å². The van der Waals surface area contributed by atoms with Crippen molar-refractivity contribution >= 4 is 10.0 Å². The van der Waals surface area contributed by atoms with Crippen molar-refractivity contribution in [1.29, 1.82) is 0 Å². The minimum Gasteiger partial charge on any atom is -0.497 e. The molecule has 0 saturated heterocycles. The van der Waals surface area contributed by atoms with E-state index in [2.05, 4.69) is 10.8 Å². The van der Waals surface area contributed by atoms with E-state index in [1.54, 1.807) is 31.4 Å². The number of hydrogen-bond acceptors (Lipinski definition) is 3. The summed E-state index contributed by atoms with van der Waals surface area (Å²) in [5.41, 5.74) is 2.30. The molecule has 0 aliphatic heterocycles. The second-order valence-corrected chi connectivity index (χ2v) is 6.80. The Labute approximate surface area is 124 Å². The Morgan fingerprint density at radius 2 is 1.81 bits per heavy atom. The van der Waals surface area contributed by atoms with E-state index < -0.39 is 10.0 Å². The molecule has 1 aliphatic rings. The van der Waals surface area contributed by atoms with Gasteiger partial charge in [-0.15, -0.1) is 0 Å². The second-order valence-electron chi connectivity index (χ2n) is 5.09. The summed E-state index contributed by atoms with van der Waals surface area (Å²) in [7, 11) is -1.96. The first-order valence-electron chi connectivity index (χ1n) is 6.84. The maximum Gasteiger partial charge on any atom is 0.241 e. The van der Waals surface area contributed by atoms with Crippen molar-refractivity contribution in [3.05, 3.63) is 59.7 Å². The standard InChI is InChI=1S/C16H17NO3S/c1-20-13-7-9-14(10-8-13)21(18,19)17-16-11-6-12-4-2-3-5-15(12)16/h2-5,7-10,16-17H,6,11H2,1H3/t16-/m0/s1. The smallest absolute Gasteiger partial charge is 0.241 e. The number of sulfonamides is 1. The number of benzene rings is 2. The van der Waals surface area contributed by atoms with Crippen molar-refractivity contribution in [3.8, 4) is 5.75 Å². The molecule has 1 aliphatic carbocycles. The predicted molar refractivity (Wildman–Crippen MR) is 80.8 cm³/mol. The zero-order valence-corrected chi connectivity index (χ0v) is 12.6. The number of nitrogens with one attached hydrogen (secondary N) is 1. The van der Waals surface area contributed by atoms with Crippen LogP contribution in [-0.4, -0.2) is 15.5 Å². The Morgan fingerprint density at radius 3 is 2.52 bits per heavy atom. The summed E-state index contributed by atoms with van der Waals surface area (Å²) in [6, 6.07) is 14.2. The van der Waals surface area contributed by atoms with Crippen LogP contribution < -0.4 is 9.46 Å². The molecule has 2 aromatic carbocycles. The zero-order valence-electron chi connectivity index (χ0n) is 11.7. The Balaban J connectivity index is 1.83. The van der Waals surface area contributed by atoms with Crippen LogP contribution in [0.3, 0.4) is 0 Å². The highest BCUT2D eigenvalue weighted by atomic mass is 32.2. The molecule has 0 unspecified atom stereocenters. The average Bonchev–Trinajstić information content (AvgIpc) is 2.90. The maximum absolute atomic E-state index is 12.4. The molecule has 2 aromatic rings. The topological polar surface area (TPSA) is 55.4 Å². The number of rotatable bonds is 4. The Hall–Kier alpha value is -1.85. The number of methoxy groups -OCH3 is 1. The second kappa shape index (κ2) is 5.50. The molecule has 5 heteroatoms. The van der Waals surface area contributed by atoms with Gasteiger partial charge in [-0.05, 0) is 48.2 Å². The molecule has 1 atom stereocenters. The van der Waals surface area contributed by atoms with Gasteiger partial charge in [0.25, 0.3) is 0 Å². The molecule has 1 N–H and O–H groups in total. The fourth-order valence-electron chi connectivity index (χ4n) is 2.69. The van der Waals surface area contributed by atoms with E-state index in [0.29, 0.717) is 5.75 Å². The van der Waals surface area contributed by atoms with Crippen LogP contribution in [0.1, 0.15) is 23.6 Å². The van der Waals surface area contributed by atoms with Crippen molar-refractivity contribution in [2.24, 2.45) is 0 Å². The lowest BCUT2D eigenvalue weighted by atomic mass is 10.1. The predicted octanol–water partition coefficient (Wildman–Crippen LogP) is 2.66. The van der Waals surface area contributed by atoms with Crippen LogP contribution in [0.5, 0.6) is 5.75 Å². The average molecular weight is 303 g/mol. The number of ether oxygens (including phenoxy) is 1. The third kappa shape index (κ3) is 2.80. The summed E-state index contributed by atoms with van der Waals surface area (Å²) in [6.45, 7) is 0. The third-order valence-electron chi connectivity index (χ3n) is 3.80. The Bertz CT molecular complexity index is 738. The molecule has 3 rings (SSSR count). The highest BCUT2D eigenvalue weighted by Crippen LogP contribution is 2.32. The van der Waals surface area contributed by atoms with Gasteiger partial charge in [-0.25, -0.2) is 13.1 Å². The van der Waals surface area contributed by atoms with Gasteiger partial charge < -0.3 is 4.74 Å². The van der Waals surface area contributed by atoms with Crippen LogP contribution >= 0.6 is 0 Å². The number of fused-ring (bicyclic) bond motifs is 1. The van der Waals surface area contributed by atoms with E-state index >= 15 is 0 Å². The van der Waals surface area contributed by atoms with Crippen LogP contribution in [0.2, 0.25) is 0 Å². The first kappa shape index (κ1) is 14.1. The monoisotopic (exact) mass is 303 g/mol. The van der Waals surface area contributed by atoms with Gasteiger partial charge in [0.1, 0.15) is 5.75 Å². The van der Waals surface area contributed by atoms with Gasteiger partial charge in [-0.1, -0.05) is 24.3 Å². The lowest BCUT2D eigenvalue weighted by molar-refractivity contribution is 0.414. The van der Waals surface area contributed by atoms with Gasteiger partial charge >= 0.3 is 0 Å². The molecule has 0 fully saturated rings. The lowest BCUT2D eigenvalue weighted by Crippen LogP contribution is -2.27. The first-order valence-corrected chi connectivity index (χ1v) is 8.32. The van der Waals surface area contributed by atoms with Crippen molar-refractivity contribution in [3.63, 3.8) is 0 Å². The number of aryl methyl sites for hydroxylation is 1. The van der Waals surface area contributed by atoms with Crippen molar-refractivity contribution < 1.29 is 13.2 Å². The van der Waals surface area contributed by atoms with Gasteiger partial charge in [0, 0.05) is 6.04 Å². The van der Waals surface area contributed by atoms with E-state index in [9.17, 15) is 8.42 Å². The normalized spacial score (nSPS) is 17.5.